The van der Waals surface area contributed by atoms with Crippen LogP contribution in [0.3, 0.4) is 0 Å². The number of carboxylic acid groups (broad SMARTS) is 1. The number of carbonyl (C=O) groups is 1. The lowest BCUT2D eigenvalue weighted by molar-refractivity contribution is 0.0275. The fourth-order valence-electron chi connectivity index (χ4n) is 2.60. The van der Waals surface area contributed by atoms with Crippen molar-refractivity contribution in [3.05, 3.63) is 34.2 Å². The van der Waals surface area contributed by atoms with Crippen LogP contribution in [0.2, 0.25) is 0 Å². The van der Waals surface area contributed by atoms with Crippen LogP contribution in [0.5, 0.6) is 0 Å². The number of rotatable bonds is 3. The molecule has 18 heavy (non-hydrogen) atoms. The van der Waals surface area contributed by atoms with Gasteiger partial charge in [-0.15, -0.1) is 0 Å². The Labute approximate surface area is 105 Å². The highest BCUT2D eigenvalue weighted by Gasteiger charge is 2.27. The number of ether oxygens (including phenoxy) is 1. The maximum absolute atomic E-state index is 12.1. The lowest BCUT2D eigenvalue weighted by Crippen LogP contribution is -2.37. The number of carboxylic acids is 1. The minimum atomic E-state index is -1.18. The predicted molar refractivity (Wildman–Crippen MR) is 66.0 cm³/mol. The molecule has 1 aliphatic carbocycles. The van der Waals surface area contributed by atoms with Gasteiger partial charge in [0, 0.05) is 13.3 Å². The molecule has 5 nitrogen and oxygen atoms in total. The third-order valence-electron chi connectivity index (χ3n) is 3.53. The molecule has 1 N–H and O–H groups in total. The molecular weight excluding hydrogens is 234 g/mol. The van der Waals surface area contributed by atoms with Gasteiger partial charge < -0.3 is 14.4 Å². The summed E-state index contributed by atoms with van der Waals surface area (Å²) in [7, 11) is 1.63. The SMILES string of the molecule is CO[C@H]1CCCCC1n1cccc(C(=O)O)c1=O. The van der Waals surface area contributed by atoms with E-state index in [-0.39, 0.29) is 17.7 Å². The zero-order valence-electron chi connectivity index (χ0n) is 10.3. The summed E-state index contributed by atoms with van der Waals surface area (Å²) in [5.74, 6) is -1.18. The summed E-state index contributed by atoms with van der Waals surface area (Å²) in [6, 6.07) is 2.88. The first kappa shape index (κ1) is 12.8. The molecule has 1 aromatic rings. The lowest BCUT2D eigenvalue weighted by Gasteiger charge is -2.31. The van der Waals surface area contributed by atoms with Gasteiger partial charge in [0.15, 0.2) is 0 Å². The molecule has 5 heteroatoms. The second-order valence-electron chi connectivity index (χ2n) is 4.57. The van der Waals surface area contributed by atoms with Crippen molar-refractivity contribution >= 4 is 5.97 Å². The molecule has 0 amide bonds. The van der Waals surface area contributed by atoms with Gasteiger partial charge in [0.1, 0.15) is 5.56 Å². The molecule has 1 fully saturated rings. The van der Waals surface area contributed by atoms with Crippen molar-refractivity contribution < 1.29 is 14.6 Å². The van der Waals surface area contributed by atoms with Crippen LogP contribution < -0.4 is 5.56 Å². The maximum atomic E-state index is 12.1. The highest BCUT2D eigenvalue weighted by molar-refractivity contribution is 5.86. The average molecular weight is 251 g/mol. The summed E-state index contributed by atoms with van der Waals surface area (Å²) in [5.41, 5.74) is -0.628. The van der Waals surface area contributed by atoms with Gasteiger partial charge in [0.2, 0.25) is 0 Å². The van der Waals surface area contributed by atoms with E-state index in [0.29, 0.717) is 0 Å². The molecule has 2 rings (SSSR count). The number of methoxy groups -OCH3 is 1. The first-order valence-corrected chi connectivity index (χ1v) is 6.12. The molecule has 1 heterocycles. The summed E-state index contributed by atoms with van der Waals surface area (Å²) >= 11 is 0. The first-order valence-electron chi connectivity index (χ1n) is 6.12. The Hall–Kier alpha value is -1.62. The van der Waals surface area contributed by atoms with E-state index in [1.807, 2.05) is 0 Å². The highest BCUT2D eigenvalue weighted by atomic mass is 16.5. The Morgan fingerprint density at radius 1 is 1.44 bits per heavy atom. The molecular formula is C13H17NO4. The number of aromatic carboxylic acids is 1. The van der Waals surface area contributed by atoms with E-state index in [1.54, 1.807) is 19.4 Å². The van der Waals surface area contributed by atoms with Crippen LogP contribution in [0.25, 0.3) is 0 Å². The largest absolute Gasteiger partial charge is 0.477 e. The minimum Gasteiger partial charge on any atom is -0.477 e. The Kier molecular flexibility index (Phi) is 3.81. The Morgan fingerprint density at radius 2 is 2.17 bits per heavy atom. The number of hydrogen-bond donors (Lipinski definition) is 1. The van der Waals surface area contributed by atoms with Gasteiger partial charge >= 0.3 is 5.97 Å². The van der Waals surface area contributed by atoms with Crippen LogP contribution in [0.4, 0.5) is 0 Å². The number of pyridine rings is 1. The molecule has 0 bridgehead atoms. The van der Waals surface area contributed by atoms with Crippen LogP contribution in [0.15, 0.2) is 23.1 Å². The molecule has 1 unspecified atom stereocenters. The van der Waals surface area contributed by atoms with Crippen molar-refractivity contribution in [2.24, 2.45) is 0 Å². The van der Waals surface area contributed by atoms with Crippen molar-refractivity contribution in [1.82, 2.24) is 4.57 Å². The van der Waals surface area contributed by atoms with Gasteiger partial charge in [-0.3, -0.25) is 4.79 Å². The molecule has 0 aromatic carbocycles. The fourth-order valence-corrected chi connectivity index (χ4v) is 2.60. The second-order valence-corrected chi connectivity index (χ2v) is 4.57. The highest BCUT2D eigenvalue weighted by Crippen LogP contribution is 2.29. The maximum Gasteiger partial charge on any atom is 0.341 e. The zero-order valence-corrected chi connectivity index (χ0v) is 10.3. The number of aromatic nitrogens is 1. The monoisotopic (exact) mass is 251 g/mol. The Morgan fingerprint density at radius 3 is 2.83 bits per heavy atom. The van der Waals surface area contributed by atoms with Crippen LogP contribution in [0, 0.1) is 0 Å². The quantitative estimate of drug-likeness (QED) is 0.887. The van der Waals surface area contributed by atoms with E-state index in [1.165, 1.54) is 10.6 Å². The Bertz CT molecular complexity index is 494. The molecule has 1 aliphatic rings. The van der Waals surface area contributed by atoms with Gasteiger partial charge in [-0.1, -0.05) is 12.8 Å². The van der Waals surface area contributed by atoms with Crippen molar-refractivity contribution in [2.75, 3.05) is 7.11 Å². The van der Waals surface area contributed by atoms with Crippen LogP contribution in [-0.2, 0) is 4.74 Å². The van der Waals surface area contributed by atoms with E-state index in [2.05, 4.69) is 0 Å². The molecule has 1 aromatic heterocycles. The van der Waals surface area contributed by atoms with E-state index < -0.39 is 11.5 Å². The summed E-state index contributed by atoms with van der Waals surface area (Å²) in [6.45, 7) is 0. The predicted octanol–water partition coefficient (Wildman–Crippen LogP) is 1.68. The number of hydrogen-bond acceptors (Lipinski definition) is 3. The van der Waals surface area contributed by atoms with E-state index in [0.717, 1.165) is 25.7 Å². The second kappa shape index (κ2) is 5.35. The summed E-state index contributed by atoms with van der Waals surface area (Å²) in [4.78, 5) is 23.1. The topological polar surface area (TPSA) is 68.5 Å². The molecule has 2 atom stereocenters. The lowest BCUT2D eigenvalue weighted by atomic mass is 9.92. The van der Waals surface area contributed by atoms with Crippen molar-refractivity contribution in [3.63, 3.8) is 0 Å². The molecule has 0 radical (unpaired) electrons. The first-order chi connectivity index (χ1) is 8.65. The van der Waals surface area contributed by atoms with Crippen molar-refractivity contribution in [1.29, 1.82) is 0 Å². The standard InChI is InChI=1S/C13H17NO4/c1-18-11-7-3-2-6-10(11)14-8-4-5-9(12(14)15)13(16)17/h4-5,8,10-11H,2-3,6-7H2,1H3,(H,16,17)/t10?,11-/m0/s1. The normalized spacial score (nSPS) is 23.8. The summed E-state index contributed by atoms with van der Waals surface area (Å²) in [5, 5.41) is 8.97. The van der Waals surface area contributed by atoms with Gasteiger partial charge in [-0.25, -0.2) is 4.79 Å². The van der Waals surface area contributed by atoms with E-state index in [9.17, 15) is 9.59 Å². The molecule has 0 aliphatic heterocycles. The van der Waals surface area contributed by atoms with Gasteiger partial charge in [-0.05, 0) is 25.0 Å². The average Bonchev–Trinajstić information content (AvgIpc) is 2.38. The van der Waals surface area contributed by atoms with E-state index in [4.69, 9.17) is 9.84 Å². The zero-order chi connectivity index (χ0) is 13.1. The van der Waals surface area contributed by atoms with Crippen molar-refractivity contribution in [2.45, 2.75) is 37.8 Å². The number of nitrogens with zero attached hydrogens (tertiary/aromatic N) is 1. The fraction of sp³-hybridized carbons (Fsp3) is 0.538. The minimum absolute atomic E-state index is 0.0134. The third-order valence-corrected chi connectivity index (χ3v) is 3.53. The van der Waals surface area contributed by atoms with Crippen LogP contribution >= 0.6 is 0 Å². The van der Waals surface area contributed by atoms with E-state index >= 15 is 0 Å². The van der Waals surface area contributed by atoms with Crippen molar-refractivity contribution in [3.8, 4) is 0 Å². The molecule has 0 saturated heterocycles. The summed E-state index contributed by atoms with van der Waals surface area (Å²) in [6.07, 6.45) is 5.51. The van der Waals surface area contributed by atoms with Gasteiger partial charge in [-0.2, -0.15) is 0 Å². The van der Waals surface area contributed by atoms with Gasteiger partial charge in [0.25, 0.3) is 5.56 Å². The molecule has 1 saturated carbocycles. The summed E-state index contributed by atoms with van der Waals surface area (Å²) < 4.78 is 6.92. The van der Waals surface area contributed by atoms with Gasteiger partial charge in [0.05, 0.1) is 12.1 Å². The Balaban J connectivity index is 2.41. The molecule has 98 valence electrons. The third kappa shape index (κ3) is 2.31. The van der Waals surface area contributed by atoms with Crippen LogP contribution in [-0.4, -0.2) is 28.9 Å². The van der Waals surface area contributed by atoms with Crippen LogP contribution in [0.1, 0.15) is 42.1 Å². The molecule has 0 spiro atoms. The smallest absolute Gasteiger partial charge is 0.341 e.